The zero-order chi connectivity index (χ0) is 23.5. The average Bonchev–Trinajstić information content (AvgIpc) is 3.53. The first kappa shape index (κ1) is 24.0. The Kier molecular flexibility index (Phi) is 7.12. The van der Waals surface area contributed by atoms with E-state index in [-0.39, 0.29) is 31.1 Å². The van der Waals surface area contributed by atoms with Crippen LogP contribution >= 0.6 is 0 Å². The summed E-state index contributed by atoms with van der Waals surface area (Å²) in [5.74, 6) is -1.15. The summed E-state index contributed by atoms with van der Waals surface area (Å²) in [4.78, 5) is 18.7. The van der Waals surface area contributed by atoms with Gasteiger partial charge in [-0.15, -0.1) is 0 Å². The predicted molar refractivity (Wildman–Crippen MR) is 116 cm³/mol. The molecule has 1 saturated carbocycles. The van der Waals surface area contributed by atoms with Crippen LogP contribution in [0.4, 0.5) is 13.2 Å². The zero-order valence-electron chi connectivity index (χ0n) is 18.6. The summed E-state index contributed by atoms with van der Waals surface area (Å²) in [6.07, 6.45) is -0.952. The SMILES string of the molecule is Cc1cc(O)ccc1C[C@@H](CNC(=O)C[C@@H](c1cccnc1)C1(C(F)(F)F)CC1)N(C)C. The number of carbonyl (C=O) groups excluding carboxylic acids is 1. The highest BCUT2D eigenvalue weighted by Crippen LogP contribution is 2.66. The number of benzene rings is 1. The van der Waals surface area contributed by atoms with E-state index in [1.54, 1.807) is 24.3 Å². The molecule has 1 heterocycles. The molecule has 8 heteroatoms. The molecule has 2 atom stereocenters. The number of hydrogen-bond donors (Lipinski definition) is 2. The molecule has 174 valence electrons. The highest BCUT2D eigenvalue weighted by atomic mass is 19.4. The monoisotopic (exact) mass is 449 g/mol. The number of carbonyl (C=O) groups is 1. The van der Waals surface area contributed by atoms with E-state index in [2.05, 4.69) is 10.3 Å². The predicted octanol–water partition coefficient (Wildman–Crippen LogP) is 4.20. The molecular formula is C24H30F3N3O2. The van der Waals surface area contributed by atoms with Gasteiger partial charge in [0.25, 0.3) is 0 Å². The quantitative estimate of drug-likeness (QED) is 0.602. The fourth-order valence-corrected chi connectivity index (χ4v) is 4.27. The molecule has 1 fully saturated rings. The third-order valence-electron chi connectivity index (χ3n) is 6.54. The maximum absolute atomic E-state index is 13.8. The summed E-state index contributed by atoms with van der Waals surface area (Å²) in [6.45, 7) is 2.22. The van der Waals surface area contributed by atoms with Gasteiger partial charge in [-0.05, 0) is 75.2 Å². The summed E-state index contributed by atoms with van der Waals surface area (Å²) in [5.41, 5.74) is 0.581. The van der Waals surface area contributed by atoms with E-state index in [1.807, 2.05) is 32.0 Å². The Morgan fingerprint density at radius 1 is 1.28 bits per heavy atom. The van der Waals surface area contributed by atoms with Crippen molar-refractivity contribution in [3.8, 4) is 5.75 Å². The summed E-state index contributed by atoms with van der Waals surface area (Å²) >= 11 is 0. The van der Waals surface area contributed by atoms with Crippen molar-refractivity contribution in [1.29, 1.82) is 0 Å². The van der Waals surface area contributed by atoms with Crippen LogP contribution in [0.15, 0.2) is 42.7 Å². The molecule has 1 amide bonds. The first-order valence-electron chi connectivity index (χ1n) is 10.7. The number of hydrogen-bond acceptors (Lipinski definition) is 4. The number of amides is 1. The van der Waals surface area contributed by atoms with E-state index in [9.17, 15) is 23.1 Å². The standard InChI is InChI=1S/C24H30F3N3O2/c1-16-11-20(31)7-6-17(16)12-19(30(2)3)15-29-22(32)13-21(18-5-4-10-28-14-18)23(8-9-23)24(25,26)27/h4-7,10-11,14,19,21,31H,8-9,12-13,15H2,1-3H3,(H,29,32)/t19-,21-/m0/s1. The first-order chi connectivity index (χ1) is 15.0. The molecule has 0 bridgehead atoms. The normalized spacial score (nSPS) is 17.1. The highest BCUT2D eigenvalue weighted by Gasteiger charge is 2.67. The molecule has 2 aromatic rings. The lowest BCUT2D eigenvalue weighted by Crippen LogP contribution is -2.43. The minimum Gasteiger partial charge on any atom is -0.508 e. The molecule has 0 aliphatic heterocycles. The lowest BCUT2D eigenvalue weighted by Gasteiger charge is -2.30. The summed E-state index contributed by atoms with van der Waals surface area (Å²) < 4.78 is 41.5. The van der Waals surface area contributed by atoms with Crippen molar-refractivity contribution in [2.75, 3.05) is 20.6 Å². The number of likely N-dealkylation sites (N-methyl/N-ethyl adjacent to an activating group) is 1. The molecule has 0 spiro atoms. The van der Waals surface area contributed by atoms with Crippen LogP contribution in [0.5, 0.6) is 5.75 Å². The number of alkyl halides is 3. The lowest BCUT2D eigenvalue weighted by molar-refractivity contribution is -0.194. The van der Waals surface area contributed by atoms with E-state index in [0.717, 1.165) is 11.1 Å². The second-order valence-corrected chi connectivity index (χ2v) is 8.93. The molecule has 1 aromatic carbocycles. The molecule has 32 heavy (non-hydrogen) atoms. The summed E-state index contributed by atoms with van der Waals surface area (Å²) in [6, 6.07) is 8.34. The molecule has 1 aliphatic rings. The second-order valence-electron chi connectivity index (χ2n) is 8.93. The Morgan fingerprint density at radius 2 is 2.00 bits per heavy atom. The fourth-order valence-electron chi connectivity index (χ4n) is 4.27. The zero-order valence-corrected chi connectivity index (χ0v) is 18.6. The van der Waals surface area contributed by atoms with Crippen molar-refractivity contribution in [2.24, 2.45) is 5.41 Å². The molecule has 1 aliphatic carbocycles. The number of nitrogens with one attached hydrogen (secondary N) is 1. The van der Waals surface area contributed by atoms with E-state index in [1.165, 1.54) is 12.4 Å². The van der Waals surface area contributed by atoms with Crippen molar-refractivity contribution < 1.29 is 23.1 Å². The van der Waals surface area contributed by atoms with Gasteiger partial charge >= 0.3 is 6.18 Å². The Labute approximate surface area is 186 Å². The molecule has 3 rings (SSSR count). The number of aromatic hydroxyl groups is 1. The van der Waals surface area contributed by atoms with Crippen LogP contribution in [-0.2, 0) is 11.2 Å². The molecule has 5 nitrogen and oxygen atoms in total. The Bertz CT molecular complexity index is 928. The van der Waals surface area contributed by atoms with Crippen molar-refractivity contribution in [3.05, 3.63) is 59.4 Å². The van der Waals surface area contributed by atoms with Crippen LogP contribution in [0.25, 0.3) is 0 Å². The largest absolute Gasteiger partial charge is 0.508 e. The van der Waals surface area contributed by atoms with Gasteiger partial charge in [-0.1, -0.05) is 12.1 Å². The minimum atomic E-state index is -4.36. The smallest absolute Gasteiger partial charge is 0.395 e. The highest BCUT2D eigenvalue weighted by molar-refractivity contribution is 5.77. The van der Waals surface area contributed by atoms with Gasteiger partial charge in [0, 0.05) is 37.3 Å². The van der Waals surface area contributed by atoms with Crippen molar-refractivity contribution >= 4 is 5.91 Å². The number of halogens is 3. The van der Waals surface area contributed by atoms with Crippen LogP contribution < -0.4 is 5.32 Å². The fraction of sp³-hybridized carbons (Fsp3) is 0.500. The number of phenolic OH excluding ortho intramolecular Hbond substituents is 1. The van der Waals surface area contributed by atoms with Crippen molar-refractivity contribution in [3.63, 3.8) is 0 Å². The second kappa shape index (κ2) is 9.48. The Morgan fingerprint density at radius 3 is 2.53 bits per heavy atom. The number of phenols is 1. The van der Waals surface area contributed by atoms with Crippen molar-refractivity contribution in [1.82, 2.24) is 15.2 Å². The van der Waals surface area contributed by atoms with Gasteiger partial charge in [-0.2, -0.15) is 13.2 Å². The van der Waals surface area contributed by atoms with Gasteiger partial charge in [0.15, 0.2) is 0 Å². The van der Waals surface area contributed by atoms with E-state index < -0.39 is 23.4 Å². The van der Waals surface area contributed by atoms with Crippen LogP contribution in [0.2, 0.25) is 0 Å². The number of pyridine rings is 1. The van der Waals surface area contributed by atoms with Crippen LogP contribution in [-0.4, -0.2) is 53.8 Å². The topological polar surface area (TPSA) is 65.5 Å². The minimum absolute atomic E-state index is 0.0315. The third kappa shape index (κ3) is 5.41. The Balaban J connectivity index is 1.69. The van der Waals surface area contributed by atoms with Crippen LogP contribution in [0.1, 0.15) is 41.9 Å². The van der Waals surface area contributed by atoms with E-state index in [0.29, 0.717) is 18.5 Å². The van der Waals surface area contributed by atoms with Gasteiger partial charge in [-0.25, -0.2) is 0 Å². The van der Waals surface area contributed by atoms with Crippen LogP contribution in [0, 0.1) is 12.3 Å². The molecular weight excluding hydrogens is 419 g/mol. The molecule has 0 unspecified atom stereocenters. The maximum Gasteiger partial charge on any atom is 0.395 e. The lowest BCUT2D eigenvalue weighted by atomic mass is 9.80. The van der Waals surface area contributed by atoms with Gasteiger partial charge in [-0.3, -0.25) is 9.78 Å². The molecule has 2 N–H and O–H groups in total. The van der Waals surface area contributed by atoms with E-state index in [4.69, 9.17) is 0 Å². The molecule has 0 radical (unpaired) electrons. The first-order valence-corrected chi connectivity index (χ1v) is 10.7. The molecule has 1 aromatic heterocycles. The van der Waals surface area contributed by atoms with Gasteiger partial charge in [0.2, 0.25) is 5.91 Å². The number of aromatic nitrogens is 1. The average molecular weight is 450 g/mol. The van der Waals surface area contributed by atoms with Gasteiger partial charge < -0.3 is 15.3 Å². The maximum atomic E-state index is 13.8. The van der Waals surface area contributed by atoms with Gasteiger partial charge in [0.1, 0.15) is 5.75 Å². The van der Waals surface area contributed by atoms with Crippen LogP contribution in [0.3, 0.4) is 0 Å². The number of aryl methyl sites for hydroxylation is 1. The third-order valence-corrected chi connectivity index (χ3v) is 6.54. The van der Waals surface area contributed by atoms with Gasteiger partial charge in [0.05, 0.1) is 5.41 Å². The molecule has 0 saturated heterocycles. The number of rotatable bonds is 9. The Hall–Kier alpha value is -2.61. The summed E-state index contributed by atoms with van der Waals surface area (Å²) in [5, 5.41) is 12.5. The van der Waals surface area contributed by atoms with E-state index >= 15 is 0 Å². The summed E-state index contributed by atoms with van der Waals surface area (Å²) in [7, 11) is 3.79. The number of nitrogens with zero attached hydrogens (tertiary/aromatic N) is 2. The van der Waals surface area contributed by atoms with Crippen molar-refractivity contribution in [2.45, 2.75) is 50.7 Å².